The van der Waals surface area contributed by atoms with Crippen LogP contribution >= 0.6 is 0 Å². The van der Waals surface area contributed by atoms with E-state index in [2.05, 4.69) is 4.98 Å². The van der Waals surface area contributed by atoms with Crippen molar-refractivity contribution in [2.75, 3.05) is 13.9 Å². The maximum atomic E-state index is 12.2. The van der Waals surface area contributed by atoms with Crippen molar-refractivity contribution in [1.29, 1.82) is 0 Å². The highest BCUT2D eigenvalue weighted by molar-refractivity contribution is 5.95. The second-order valence-electron chi connectivity index (χ2n) is 5.55. The van der Waals surface area contributed by atoms with Gasteiger partial charge in [-0.05, 0) is 35.4 Å². The Balaban J connectivity index is 1.95. The molecule has 2 N–H and O–H groups in total. The third-order valence-corrected chi connectivity index (χ3v) is 3.94. The molecule has 6 nitrogen and oxygen atoms in total. The highest BCUT2D eigenvalue weighted by Crippen LogP contribution is 2.24. The summed E-state index contributed by atoms with van der Waals surface area (Å²) in [5, 5.41) is 10.00. The fraction of sp³-hybridized carbons (Fsp3) is 0.158. The first kappa shape index (κ1) is 16.7. The van der Waals surface area contributed by atoms with Gasteiger partial charge in [0.25, 0.3) is 0 Å². The monoisotopic (exact) mass is 339 g/mol. The summed E-state index contributed by atoms with van der Waals surface area (Å²) in [7, 11) is 1.45. The molecular formula is C19H17NO5. The van der Waals surface area contributed by atoms with Gasteiger partial charge >= 0.3 is 11.9 Å². The SMILES string of the molecule is COCOC(=O)c1ccccc1Cc1c[nH]c2ccc(C(=O)O)cc12. The molecule has 2 aromatic carbocycles. The summed E-state index contributed by atoms with van der Waals surface area (Å²) in [6.07, 6.45) is 2.30. The molecule has 0 unspecified atom stereocenters. The molecule has 6 heteroatoms. The quantitative estimate of drug-likeness (QED) is 0.532. The van der Waals surface area contributed by atoms with Crippen LogP contribution < -0.4 is 0 Å². The first-order chi connectivity index (χ1) is 12.1. The van der Waals surface area contributed by atoms with Gasteiger partial charge in [0.2, 0.25) is 0 Å². The number of benzene rings is 2. The lowest BCUT2D eigenvalue weighted by molar-refractivity contribution is -0.0125. The van der Waals surface area contributed by atoms with Gasteiger partial charge in [0, 0.05) is 30.6 Å². The van der Waals surface area contributed by atoms with Crippen molar-refractivity contribution in [3.63, 3.8) is 0 Å². The fourth-order valence-corrected chi connectivity index (χ4v) is 2.73. The summed E-state index contributed by atoms with van der Waals surface area (Å²) < 4.78 is 9.80. The standard InChI is InChI=1S/C19H17NO5/c1-24-11-25-19(23)15-5-3-2-4-12(15)8-14-10-20-17-7-6-13(18(21)22)9-16(14)17/h2-7,9-10,20H,8,11H2,1H3,(H,21,22). The molecule has 0 saturated carbocycles. The lowest BCUT2D eigenvalue weighted by Crippen LogP contribution is -2.10. The molecule has 3 aromatic rings. The molecule has 1 heterocycles. The number of aromatic nitrogens is 1. The Morgan fingerprint density at radius 3 is 2.68 bits per heavy atom. The van der Waals surface area contributed by atoms with Gasteiger partial charge in [0.05, 0.1) is 11.1 Å². The first-order valence-corrected chi connectivity index (χ1v) is 7.67. The Bertz CT molecular complexity index is 928. The smallest absolute Gasteiger partial charge is 0.340 e. The first-order valence-electron chi connectivity index (χ1n) is 7.67. The number of hydrogen-bond donors (Lipinski definition) is 2. The maximum absolute atomic E-state index is 12.2. The van der Waals surface area contributed by atoms with Crippen LogP contribution in [0.4, 0.5) is 0 Å². The summed E-state index contributed by atoms with van der Waals surface area (Å²) in [4.78, 5) is 26.5. The number of aromatic carboxylic acids is 1. The minimum Gasteiger partial charge on any atom is -0.478 e. The van der Waals surface area contributed by atoms with E-state index in [4.69, 9.17) is 9.47 Å². The zero-order chi connectivity index (χ0) is 17.8. The lowest BCUT2D eigenvalue weighted by atomic mass is 9.99. The summed E-state index contributed by atoms with van der Waals surface area (Å²) >= 11 is 0. The third kappa shape index (κ3) is 3.54. The number of aromatic amines is 1. The van der Waals surface area contributed by atoms with E-state index in [0.717, 1.165) is 22.0 Å². The molecule has 0 amide bonds. The Kier molecular flexibility index (Phi) is 4.81. The van der Waals surface area contributed by atoms with Crippen LogP contribution in [0, 0.1) is 0 Å². The Labute approximate surface area is 144 Å². The van der Waals surface area contributed by atoms with E-state index < -0.39 is 11.9 Å². The van der Waals surface area contributed by atoms with Gasteiger partial charge in [-0.1, -0.05) is 18.2 Å². The number of fused-ring (bicyclic) bond motifs is 1. The molecule has 1 aromatic heterocycles. The van der Waals surface area contributed by atoms with E-state index in [1.165, 1.54) is 7.11 Å². The normalized spacial score (nSPS) is 10.8. The van der Waals surface area contributed by atoms with Crippen molar-refractivity contribution in [2.45, 2.75) is 6.42 Å². The van der Waals surface area contributed by atoms with Crippen LogP contribution in [0.3, 0.4) is 0 Å². The number of ether oxygens (including phenoxy) is 2. The summed E-state index contributed by atoms with van der Waals surface area (Å²) in [5.74, 6) is -1.43. The van der Waals surface area contributed by atoms with E-state index in [0.29, 0.717) is 12.0 Å². The maximum Gasteiger partial charge on any atom is 0.340 e. The predicted octanol–water partition coefficient (Wildman–Crippen LogP) is 3.22. The second kappa shape index (κ2) is 7.19. The van der Waals surface area contributed by atoms with E-state index in [9.17, 15) is 14.7 Å². The average Bonchev–Trinajstić information content (AvgIpc) is 3.02. The number of H-pyrrole nitrogens is 1. The van der Waals surface area contributed by atoms with Crippen molar-refractivity contribution in [2.24, 2.45) is 0 Å². The van der Waals surface area contributed by atoms with Crippen molar-refractivity contribution in [3.8, 4) is 0 Å². The molecule has 25 heavy (non-hydrogen) atoms. The zero-order valence-electron chi connectivity index (χ0n) is 13.6. The molecule has 3 rings (SSSR count). The van der Waals surface area contributed by atoms with Crippen molar-refractivity contribution >= 4 is 22.8 Å². The van der Waals surface area contributed by atoms with Crippen LogP contribution in [-0.4, -0.2) is 35.9 Å². The Morgan fingerprint density at radius 2 is 1.92 bits per heavy atom. The van der Waals surface area contributed by atoms with Crippen LogP contribution in [0.1, 0.15) is 31.8 Å². The largest absolute Gasteiger partial charge is 0.478 e. The molecule has 128 valence electrons. The molecule has 0 aliphatic carbocycles. The average molecular weight is 339 g/mol. The number of carboxylic acids is 1. The predicted molar refractivity (Wildman–Crippen MR) is 91.8 cm³/mol. The molecule has 0 spiro atoms. The summed E-state index contributed by atoms with van der Waals surface area (Å²) in [5.41, 5.74) is 3.24. The second-order valence-corrected chi connectivity index (χ2v) is 5.55. The van der Waals surface area contributed by atoms with Crippen LogP contribution in [0.25, 0.3) is 10.9 Å². The van der Waals surface area contributed by atoms with E-state index in [1.807, 2.05) is 18.3 Å². The number of carbonyl (C=O) groups is 2. The van der Waals surface area contributed by atoms with E-state index in [1.54, 1.807) is 30.3 Å². The van der Waals surface area contributed by atoms with Crippen LogP contribution in [0.5, 0.6) is 0 Å². The van der Waals surface area contributed by atoms with Crippen molar-refractivity contribution in [1.82, 2.24) is 4.98 Å². The van der Waals surface area contributed by atoms with Gasteiger partial charge in [-0.3, -0.25) is 0 Å². The van der Waals surface area contributed by atoms with E-state index in [-0.39, 0.29) is 12.4 Å². The molecule has 0 bridgehead atoms. The number of esters is 1. The van der Waals surface area contributed by atoms with Gasteiger partial charge in [-0.15, -0.1) is 0 Å². The van der Waals surface area contributed by atoms with Crippen LogP contribution in [0.2, 0.25) is 0 Å². The molecule has 0 aliphatic rings. The minimum atomic E-state index is -0.974. The summed E-state index contributed by atoms with van der Waals surface area (Å²) in [6, 6.07) is 12.1. The van der Waals surface area contributed by atoms with Gasteiger partial charge in [-0.25, -0.2) is 9.59 Å². The number of rotatable bonds is 6. The van der Waals surface area contributed by atoms with Crippen LogP contribution in [-0.2, 0) is 15.9 Å². The van der Waals surface area contributed by atoms with Crippen molar-refractivity contribution in [3.05, 3.63) is 70.9 Å². The number of hydrogen-bond acceptors (Lipinski definition) is 4. The Hall–Kier alpha value is -3.12. The van der Waals surface area contributed by atoms with Gasteiger partial charge < -0.3 is 19.6 Å². The number of methoxy groups -OCH3 is 1. The topological polar surface area (TPSA) is 88.6 Å². The molecule has 0 radical (unpaired) electrons. The highest BCUT2D eigenvalue weighted by atomic mass is 16.7. The fourth-order valence-electron chi connectivity index (χ4n) is 2.73. The molecular weight excluding hydrogens is 322 g/mol. The summed E-state index contributed by atoms with van der Waals surface area (Å²) in [6.45, 7) is -0.109. The molecule has 0 saturated heterocycles. The van der Waals surface area contributed by atoms with Gasteiger partial charge in [0.1, 0.15) is 0 Å². The number of carbonyl (C=O) groups excluding carboxylic acids is 1. The highest BCUT2D eigenvalue weighted by Gasteiger charge is 2.15. The van der Waals surface area contributed by atoms with E-state index >= 15 is 0 Å². The lowest BCUT2D eigenvalue weighted by Gasteiger charge is -2.09. The van der Waals surface area contributed by atoms with Gasteiger partial charge in [0.15, 0.2) is 6.79 Å². The molecule has 0 atom stereocenters. The third-order valence-electron chi connectivity index (χ3n) is 3.94. The molecule has 0 fully saturated rings. The van der Waals surface area contributed by atoms with Gasteiger partial charge in [-0.2, -0.15) is 0 Å². The van der Waals surface area contributed by atoms with Crippen molar-refractivity contribution < 1.29 is 24.2 Å². The molecule has 0 aliphatic heterocycles. The minimum absolute atomic E-state index is 0.109. The number of nitrogens with one attached hydrogen (secondary N) is 1. The zero-order valence-corrected chi connectivity index (χ0v) is 13.6. The Morgan fingerprint density at radius 1 is 1.12 bits per heavy atom. The van der Waals surface area contributed by atoms with Crippen LogP contribution in [0.15, 0.2) is 48.7 Å². The number of carboxylic acid groups (broad SMARTS) is 1.